The van der Waals surface area contributed by atoms with E-state index in [1.807, 2.05) is 0 Å². The molecule has 0 aromatic carbocycles. The summed E-state index contributed by atoms with van der Waals surface area (Å²) in [5, 5.41) is 15.2. The molecule has 0 saturated heterocycles. The summed E-state index contributed by atoms with van der Waals surface area (Å²) in [6, 6.07) is 1.68. The van der Waals surface area contributed by atoms with Crippen LogP contribution in [0.25, 0.3) is 0 Å². The zero-order valence-electron chi connectivity index (χ0n) is 11.5. The first kappa shape index (κ1) is 15.5. The van der Waals surface area contributed by atoms with Gasteiger partial charge in [0.05, 0.1) is 26.4 Å². The van der Waals surface area contributed by atoms with Crippen molar-refractivity contribution in [2.24, 2.45) is 0 Å². The summed E-state index contributed by atoms with van der Waals surface area (Å²) >= 11 is 0. The summed E-state index contributed by atoms with van der Waals surface area (Å²) in [7, 11) is 0. The number of nitrogens with zero attached hydrogens (tertiary/aromatic N) is 2. The molecule has 108 valence electrons. The van der Waals surface area contributed by atoms with E-state index in [2.05, 4.69) is 10.4 Å². The Morgan fingerprint density at radius 3 is 2.84 bits per heavy atom. The van der Waals surface area contributed by atoms with E-state index in [0.717, 1.165) is 0 Å². The van der Waals surface area contributed by atoms with Crippen molar-refractivity contribution in [2.75, 3.05) is 25.1 Å². The van der Waals surface area contributed by atoms with Gasteiger partial charge in [0.15, 0.2) is 5.82 Å². The number of aromatic nitrogens is 2. The lowest BCUT2D eigenvalue weighted by Crippen LogP contribution is -2.27. The molecule has 7 nitrogen and oxygen atoms in total. The van der Waals surface area contributed by atoms with Gasteiger partial charge in [0.2, 0.25) is 0 Å². The molecule has 0 saturated carbocycles. The lowest BCUT2D eigenvalue weighted by molar-refractivity contribution is 0.0635. The average Bonchev–Trinajstić information content (AvgIpc) is 2.69. The van der Waals surface area contributed by atoms with Crippen LogP contribution in [-0.4, -0.2) is 46.4 Å². The second kappa shape index (κ2) is 7.10. The number of hydrogen-bond donors (Lipinski definition) is 2. The molecule has 0 unspecified atom stereocenters. The summed E-state index contributed by atoms with van der Waals surface area (Å²) in [5.74, 6) is 0.427. The quantitative estimate of drug-likeness (QED) is 0.760. The maximum absolute atomic E-state index is 11.5. The Balaban J connectivity index is 2.36. The molecule has 19 heavy (non-hydrogen) atoms. The van der Waals surface area contributed by atoms with Crippen LogP contribution in [0.4, 0.5) is 10.6 Å². The predicted octanol–water partition coefficient (Wildman–Crippen LogP) is 1.24. The van der Waals surface area contributed by atoms with Crippen molar-refractivity contribution < 1.29 is 19.4 Å². The topological polar surface area (TPSA) is 85.6 Å². The third-order valence-electron chi connectivity index (χ3n) is 1.97. The van der Waals surface area contributed by atoms with Crippen LogP contribution in [0, 0.1) is 0 Å². The summed E-state index contributed by atoms with van der Waals surface area (Å²) in [5.41, 5.74) is -0.537. The van der Waals surface area contributed by atoms with Gasteiger partial charge in [0.25, 0.3) is 0 Å². The Morgan fingerprint density at radius 1 is 1.47 bits per heavy atom. The Morgan fingerprint density at radius 2 is 2.21 bits per heavy atom. The van der Waals surface area contributed by atoms with E-state index in [-0.39, 0.29) is 6.61 Å². The van der Waals surface area contributed by atoms with Crippen LogP contribution in [0.5, 0.6) is 0 Å². The Kier molecular flexibility index (Phi) is 5.78. The second-order valence-electron chi connectivity index (χ2n) is 4.93. The van der Waals surface area contributed by atoms with Gasteiger partial charge in [-0.25, -0.2) is 4.79 Å². The smallest absolute Gasteiger partial charge is 0.413 e. The van der Waals surface area contributed by atoms with Crippen molar-refractivity contribution in [1.82, 2.24) is 9.78 Å². The van der Waals surface area contributed by atoms with Crippen LogP contribution in [0.15, 0.2) is 12.3 Å². The average molecular weight is 271 g/mol. The third kappa shape index (κ3) is 6.78. The molecule has 0 fully saturated rings. The van der Waals surface area contributed by atoms with Crippen LogP contribution in [0.3, 0.4) is 0 Å². The maximum atomic E-state index is 11.5. The Labute approximate surface area is 112 Å². The number of nitrogens with one attached hydrogen (secondary N) is 1. The summed E-state index contributed by atoms with van der Waals surface area (Å²) in [6.07, 6.45) is 1.20. The molecular weight excluding hydrogens is 250 g/mol. The number of carbonyl (C=O) groups is 1. The molecular formula is C12H21N3O4. The molecule has 0 radical (unpaired) electrons. The number of amides is 1. The normalized spacial score (nSPS) is 11.4. The van der Waals surface area contributed by atoms with Crippen LogP contribution in [-0.2, 0) is 16.0 Å². The van der Waals surface area contributed by atoms with E-state index in [9.17, 15) is 4.79 Å². The van der Waals surface area contributed by atoms with Crippen LogP contribution in [0.1, 0.15) is 20.8 Å². The highest BCUT2D eigenvalue weighted by atomic mass is 16.6. The molecule has 0 spiro atoms. The molecule has 1 rings (SSSR count). The number of aliphatic hydroxyl groups is 1. The zero-order valence-corrected chi connectivity index (χ0v) is 11.5. The van der Waals surface area contributed by atoms with Gasteiger partial charge in [-0.15, -0.1) is 0 Å². The third-order valence-corrected chi connectivity index (χ3v) is 1.97. The Bertz CT molecular complexity index is 398. The fourth-order valence-corrected chi connectivity index (χ4v) is 1.29. The lowest BCUT2D eigenvalue weighted by atomic mass is 10.2. The van der Waals surface area contributed by atoms with E-state index in [1.165, 1.54) is 0 Å². The minimum Gasteiger partial charge on any atom is -0.444 e. The molecule has 1 heterocycles. The minimum atomic E-state index is -0.537. The number of anilines is 1. The molecule has 0 aliphatic rings. The van der Waals surface area contributed by atoms with Gasteiger partial charge in [0, 0.05) is 12.3 Å². The molecule has 2 N–H and O–H groups in total. The highest BCUT2D eigenvalue weighted by molar-refractivity contribution is 5.83. The van der Waals surface area contributed by atoms with E-state index in [1.54, 1.807) is 37.7 Å². The molecule has 0 aliphatic heterocycles. The largest absolute Gasteiger partial charge is 0.444 e. The standard InChI is InChI=1S/C12H21N3O4/c1-12(2,3)19-11(17)13-10-4-5-15(14-10)6-8-18-9-7-16/h4-5,16H,6-9H2,1-3H3,(H,13,14,17). The molecule has 0 bridgehead atoms. The number of ether oxygens (including phenoxy) is 2. The highest BCUT2D eigenvalue weighted by Gasteiger charge is 2.16. The molecule has 7 heteroatoms. The maximum Gasteiger partial charge on any atom is 0.413 e. The van der Waals surface area contributed by atoms with E-state index in [4.69, 9.17) is 14.6 Å². The van der Waals surface area contributed by atoms with Gasteiger partial charge in [-0.1, -0.05) is 0 Å². The number of carbonyl (C=O) groups excluding carboxylic acids is 1. The fourth-order valence-electron chi connectivity index (χ4n) is 1.29. The molecule has 1 aromatic rings. The van der Waals surface area contributed by atoms with Gasteiger partial charge in [-0.3, -0.25) is 10.00 Å². The summed E-state index contributed by atoms with van der Waals surface area (Å²) in [4.78, 5) is 11.5. The van der Waals surface area contributed by atoms with Crippen molar-refractivity contribution in [3.8, 4) is 0 Å². The van der Waals surface area contributed by atoms with Crippen molar-refractivity contribution in [1.29, 1.82) is 0 Å². The molecule has 0 atom stereocenters. The van der Waals surface area contributed by atoms with Crippen molar-refractivity contribution >= 4 is 11.9 Å². The highest BCUT2D eigenvalue weighted by Crippen LogP contribution is 2.09. The first-order valence-corrected chi connectivity index (χ1v) is 6.13. The first-order valence-electron chi connectivity index (χ1n) is 6.13. The van der Waals surface area contributed by atoms with Gasteiger partial charge in [0.1, 0.15) is 5.60 Å². The van der Waals surface area contributed by atoms with E-state index >= 15 is 0 Å². The summed E-state index contributed by atoms with van der Waals surface area (Å²) < 4.78 is 11.9. The fraction of sp³-hybridized carbons (Fsp3) is 0.667. The van der Waals surface area contributed by atoms with Crippen LogP contribution < -0.4 is 5.32 Å². The zero-order chi connectivity index (χ0) is 14.3. The van der Waals surface area contributed by atoms with Crippen LogP contribution >= 0.6 is 0 Å². The van der Waals surface area contributed by atoms with Crippen LogP contribution in [0.2, 0.25) is 0 Å². The van der Waals surface area contributed by atoms with E-state index < -0.39 is 11.7 Å². The lowest BCUT2D eigenvalue weighted by Gasteiger charge is -2.19. The van der Waals surface area contributed by atoms with E-state index in [0.29, 0.717) is 25.6 Å². The SMILES string of the molecule is CC(C)(C)OC(=O)Nc1ccn(CCOCCO)n1. The van der Waals surface area contributed by atoms with Gasteiger partial charge in [-0.2, -0.15) is 5.10 Å². The monoisotopic (exact) mass is 271 g/mol. The van der Waals surface area contributed by atoms with Crippen molar-refractivity contribution in [3.05, 3.63) is 12.3 Å². The predicted molar refractivity (Wildman–Crippen MR) is 70.0 cm³/mol. The second-order valence-corrected chi connectivity index (χ2v) is 4.93. The van der Waals surface area contributed by atoms with Crippen molar-refractivity contribution in [3.63, 3.8) is 0 Å². The number of hydrogen-bond acceptors (Lipinski definition) is 5. The van der Waals surface area contributed by atoms with Crippen molar-refractivity contribution in [2.45, 2.75) is 32.9 Å². The Hall–Kier alpha value is -1.60. The molecule has 0 aliphatic carbocycles. The number of aliphatic hydroxyl groups excluding tert-OH is 1. The first-order chi connectivity index (χ1) is 8.90. The minimum absolute atomic E-state index is 0.00452. The number of rotatable bonds is 6. The van der Waals surface area contributed by atoms with Gasteiger partial charge in [-0.05, 0) is 20.8 Å². The van der Waals surface area contributed by atoms with Gasteiger partial charge >= 0.3 is 6.09 Å². The van der Waals surface area contributed by atoms with Gasteiger partial charge < -0.3 is 14.6 Å². The summed E-state index contributed by atoms with van der Waals surface area (Å²) in [6.45, 7) is 6.70. The molecule has 1 amide bonds. The molecule has 1 aromatic heterocycles.